The number of hydroxylamine groups is 1. The van der Waals surface area contributed by atoms with Gasteiger partial charge in [0.05, 0.1) is 5.71 Å². The Morgan fingerprint density at radius 3 is 2.42 bits per heavy atom. The van der Waals surface area contributed by atoms with E-state index in [9.17, 15) is 10.3 Å². The average Bonchev–Trinajstić information content (AvgIpc) is 2.66. The number of nitrogens with one attached hydrogen (secondary N) is 1. The van der Waals surface area contributed by atoms with Gasteiger partial charge in [0.25, 0.3) is 0 Å². The van der Waals surface area contributed by atoms with Crippen molar-refractivity contribution in [3.05, 3.63) is 35.9 Å². The number of hydrazone groups is 1. The van der Waals surface area contributed by atoms with Crippen molar-refractivity contribution in [1.29, 1.82) is 0 Å². The lowest BCUT2D eigenvalue weighted by Gasteiger charge is -2.37. The molecule has 1 aromatic carbocycles. The van der Waals surface area contributed by atoms with Gasteiger partial charge in [0.2, 0.25) is 3.79 Å². The van der Waals surface area contributed by atoms with E-state index in [-0.39, 0.29) is 0 Å². The molecule has 0 amide bonds. The summed E-state index contributed by atoms with van der Waals surface area (Å²) in [7, 11) is 0. The molecule has 8 heteroatoms. The number of hydrogen-bond donors (Lipinski definition) is 3. The Morgan fingerprint density at radius 2 is 1.89 bits per heavy atom. The number of hydrogen-bond acceptors (Lipinski definition) is 5. The third-order valence-electron chi connectivity index (χ3n) is 3.07. The molecule has 0 aliphatic carbocycles. The van der Waals surface area contributed by atoms with Gasteiger partial charge in [0.15, 0.2) is 0 Å². The SMILES string of the molecule is CC1(C(O)C(Cl)(Cl)Cl)C(c2ccccc2)=NNN1O. The summed E-state index contributed by atoms with van der Waals surface area (Å²) in [5.74, 6) is 0. The van der Waals surface area contributed by atoms with Gasteiger partial charge in [0.1, 0.15) is 11.6 Å². The lowest BCUT2D eigenvalue weighted by atomic mass is 9.86. The topological polar surface area (TPSA) is 68.1 Å². The molecule has 5 nitrogen and oxygen atoms in total. The normalized spacial score (nSPS) is 25.9. The Bertz CT molecular complexity index is 492. The van der Waals surface area contributed by atoms with Gasteiger partial charge in [-0.15, -0.1) is 0 Å². The highest BCUT2D eigenvalue weighted by Crippen LogP contribution is 2.40. The van der Waals surface area contributed by atoms with Gasteiger partial charge >= 0.3 is 0 Å². The van der Waals surface area contributed by atoms with Crippen molar-refractivity contribution in [2.75, 3.05) is 0 Å². The maximum atomic E-state index is 10.2. The van der Waals surface area contributed by atoms with E-state index in [1.54, 1.807) is 24.3 Å². The van der Waals surface area contributed by atoms with Crippen LogP contribution in [0.4, 0.5) is 0 Å². The van der Waals surface area contributed by atoms with Gasteiger partial charge in [-0.2, -0.15) is 5.10 Å². The van der Waals surface area contributed by atoms with E-state index < -0.39 is 15.4 Å². The third kappa shape index (κ3) is 2.54. The van der Waals surface area contributed by atoms with Crippen LogP contribution in [0.2, 0.25) is 0 Å². The first-order valence-corrected chi connectivity index (χ1v) is 6.54. The fourth-order valence-electron chi connectivity index (χ4n) is 1.93. The van der Waals surface area contributed by atoms with Crippen LogP contribution in [-0.2, 0) is 0 Å². The molecule has 0 spiro atoms. The summed E-state index contributed by atoms with van der Waals surface area (Å²) < 4.78 is -1.97. The highest BCUT2D eigenvalue weighted by Gasteiger charge is 2.55. The number of alkyl halides is 3. The Hall–Kier alpha value is -0.560. The molecule has 2 atom stereocenters. The average molecular weight is 325 g/mol. The van der Waals surface area contributed by atoms with E-state index in [1.807, 2.05) is 6.07 Å². The molecule has 104 valence electrons. The van der Waals surface area contributed by atoms with E-state index in [2.05, 4.69) is 10.6 Å². The summed E-state index contributed by atoms with van der Waals surface area (Å²) in [4.78, 5) is 0. The zero-order valence-electron chi connectivity index (χ0n) is 9.89. The van der Waals surface area contributed by atoms with Gasteiger partial charge in [-0.1, -0.05) is 70.3 Å². The lowest BCUT2D eigenvalue weighted by molar-refractivity contribution is -0.198. The van der Waals surface area contributed by atoms with Gasteiger partial charge in [-0.25, -0.2) is 5.53 Å². The van der Waals surface area contributed by atoms with Crippen LogP contribution in [0, 0.1) is 0 Å². The minimum atomic E-state index is -1.97. The van der Waals surface area contributed by atoms with E-state index >= 15 is 0 Å². The molecule has 2 rings (SSSR count). The van der Waals surface area contributed by atoms with E-state index in [0.29, 0.717) is 16.4 Å². The minimum Gasteiger partial charge on any atom is -0.386 e. The molecule has 0 radical (unpaired) electrons. The first-order valence-electron chi connectivity index (χ1n) is 5.41. The summed E-state index contributed by atoms with van der Waals surface area (Å²) in [5, 5.41) is 24.7. The molecule has 0 saturated heterocycles. The summed E-state index contributed by atoms with van der Waals surface area (Å²) in [6, 6.07) is 9.01. The number of rotatable bonds is 2. The van der Waals surface area contributed by atoms with E-state index in [1.165, 1.54) is 6.92 Å². The molecular weight excluding hydrogens is 312 g/mol. The van der Waals surface area contributed by atoms with Crippen molar-refractivity contribution in [3.8, 4) is 0 Å². The summed E-state index contributed by atoms with van der Waals surface area (Å²) in [5.41, 5.74) is 2.02. The highest BCUT2D eigenvalue weighted by molar-refractivity contribution is 6.68. The number of aliphatic hydroxyl groups is 1. The molecule has 0 fully saturated rings. The van der Waals surface area contributed by atoms with Crippen molar-refractivity contribution in [1.82, 2.24) is 10.7 Å². The Balaban J connectivity index is 2.45. The molecule has 2 unspecified atom stereocenters. The number of nitrogens with zero attached hydrogens (tertiary/aromatic N) is 2. The monoisotopic (exact) mass is 323 g/mol. The molecule has 1 aliphatic rings. The first kappa shape index (κ1) is 14.8. The van der Waals surface area contributed by atoms with Crippen LogP contribution in [0.1, 0.15) is 12.5 Å². The molecule has 0 bridgehead atoms. The van der Waals surface area contributed by atoms with E-state index in [4.69, 9.17) is 34.8 Å². The van der Waals surface area contributed by atoms with Crippen LogP contribution >= 0.6 is 34.8 Å². The number of halogens is 3. The maximum absolute atomic E-state index is 10.2. The predicted molar refractivity (Wildman–Crippen MR) is 74.4 cm³/mol. The first-order chi connectivity index (χ1) is 8.78. The van der Waals surface area contributed by atoms with Crippen molar-refractivity contribution < 1.29 is 10.3 Å². The second kappa shape index (κ2) is 5.09. The number of hydrazine groups is 1. The van der Waals surface area contributed by atoms with E-state index in [0.717, 1.165) is 0 Å². The molecule has 1 heterocycles. The summed E-state index contributed by atoms with van der Waals surface area (Å²) >= 11 is 17.2. The molecule has 0 saturated carbocycles. The molecular formula is C11H12Cl3N3O2. The fraction of sp³-hybridized carbons (Fsp3) is 0.364. The van der Waals surface area contributed by atoms with Crippen LogP contribution in [0.25, 0.3) is 0 Å². The molecule has 1 aliphatic heterocycles. The summed E-state index contributed by atoms with van der Waals surface area (Å²) in [6.07, 6.45) is -1.50. The second-order valence-corrected chi connectivity index (χ2v) is 6.70. The van der Waals surface area contributed by atoms with Crippen LogP contribution in [0.15, 0.2) is 35.4 Å². The van der Waals surface area contributed by atoms with Gasteiger partial charge in [-0.05, 0) is 12.5 Å². The zero-order chi connectivity index (χ0) is 14.3. The van der Waals surface area contributed by atoms with Crippen molar-refractivity contribution in [2.45, 2.75) is 22.4 Å². The highest BCUT2D eigenvalue weighted by atomic mass is 35.6. The van der Waals surface area contributed by atoms with Gasteiger partial charge in [0, 0.05) is 0 Å². The smallest absolute Gasteiger partial charge is 0.218 e. The maximum Gasteiger partial charge on any atom is 0.218 e. The molecule has 1 aromatic rings. The second-order valence-electron chi connectivity index (χ2n) is 4.33. The van der Waals surface area contributed by atoms with Crippen LogP contribution in [0.3, 0.4) is 0 Å². The van der Waals surface area contributed by atoms with Crippen molar-refractivity contribution in [3.63, 3.8) is 0 Å². The van der Waals surface area contributed by atoms with Crippen LogP contribution in [-0.4, -0.2) is 36.6 Å². The number of benzene rings is 1. The number of aliphatic hydroxyl groups excluding tert-OH is 1. The summed E-state index contributed by atoms with van der Waals surface area (Å²) in [6.45, 7) is 1.52. The zero-order valence-corrected chi connectivity index (χ0v) is 12.2. The Labute approximate surface area is 125 Å². The Kier molecular flexibility index (Phi) is 3.97. The standard InChI is InChI=1S/C11H12Cl3N3O2/c1-10(9(18)11(12,13)14)8(15-16-17(10)19)7-5-3-2-4-6-7/h2-6,9,16,18-19H,1H3. The Morgan fingerprint density at radius 1 is 1.32 bits per heavy atom. The largest absolute Gasteiger partial charge is 0.386 e. The quantitative estimate of drug-likeness (QED) is 0.729. The van der Waals surface area contributed by atoms with Gasteiger partial charge in [-0.3, -0.25) is 5.21 Å². The predicted octanol–water partition coefficient (Wildman–Crippen LogP) is 2.09. The fourth-order valence-corrected chi connectivity index (χ4v) is 2.57. The van der Waals surface area contributed by atoms with Crippen molar-refractivity contribution in [2.24, 2.45) is 5.10 Å². The van der Waals surface area contributed by atoms with Crippen LogP contribution in [0.5, 0.6) is 0 Å². The molecule has 19 heavy (non-hydrogen) atoms. The lowest BCUT2D eigenvalue weighted by Crippen LogP contribution is -2.61. The minimum absolute atomic E-state index is 0.370. The van der Waals surface area contributed by atoms with Crippen molar-refractivity contribution >= 4 is 40.5 Å². The van der Waals surface area contributed by atoms with Gasteiger partial charge < -0.3 is 5.11 Å². The van der Waals surface area contributed by atoms with Crippen LogP contribution < -0.4 is 5.53 Å². The molecule has 3 N–H and O–H groups in total. The third-order valence-corrected chi connectivity index (χ3v) is 3.69. The molecule has 0 aromatic heterocycles.